The summed E-state index contributed by atoms with van der Waals surface area (Å²) in [5.74, 6) is -0.792. The average Bonchev–Trinajstić information content (AvgIpc) is 3.31. The fourth-order valence-electron chi connectivity index (χ4n) is 4.91. The van der Waals surface area contributed by atoms with Crippen LogP contribution < -0.4 is 5.46 Å². The highest BCUT2D eigenvalue weighted by molar-refractivity contribution is 6.65. The third-order valence-electron chi connectivity index (χ3n) is 7.62. The molecule has 2 aromatic rings. The van der Waals surface area contributed by atoms with E-state index in [2.05, 4.69) is 13.0 Å². The average molecular weight is 488 g/mol. The molecule has 0 radical (unpaired) electrons. The van der Waals surface area contributed by atoms with Gasteiger partial charge < -0.3 is 18.8 Å². The fourth-order valence-corrected chi connectivity index (χ4v) is 4.91. The van der Waals surface area contributed by atoms with Crippen molar-refractivity contribution in [2.24, 2.45) is 0 Å². The molecule has 192 valence electrons. The third kappa shape index (κ3) is 5.13. The van der Waals surface area contributed by atoms with Crippen LogP contribution in [-0.2, 0) is 30.0 Å². The van der Waals surface area contributed by atoms with Crippen LogP contribution in [-0.4, -0.2) is 53.5 Å². The molecule has 2 aliphatic rings. The molecule has 0 spiro atoms. The van der Waals surface area contributed by atoms with Gasteiger partial charge in [-0.3, -0.25) is 0 Å². The van der Waals surface area contributed by atoms with Gasteiger partial charge in [0, 0.05) is 12.0 Å². The zero-order chi connectivity index (χ0) is 25.4. The predicted octanol–water partition coefficient (Wildman–Crippen LogP) is 4.57. The number of carbonyl (C=O) groups is 1. The first-order chi connectivity index (χ1) is 16.6. The summed E-state index contributed by atoms with van der Waals surface area (Å²) in [5.41, 5.74) is 3.04. The maximum atomic E-state index is 14.3. The van der Waals surface area contributed by atoms with Crippen molar-refractivity contribution in [1.29, 1.82) is 0 Å². The Morgan fingerprint density at radius 1 is 1.29 bits per heavy atom. The number of aromatic nitrogens is 2. The molecule has 0 bridgehead atoms. The van der Waals surface area contributed by atoms with Crippen molar-refractivity contribution in [3.05, 3.63) is 23.4 Å². The quantitative estimate of drug-likeness (QED) is 0.401. The van der Waals surface area contributed by atoms with E-state index in [-0.39, 0.29) is 19.3 Å². The fraction of sp³-hybridized carbons (Fsp3) is 0.692. The van der Waals surface area contributed by atoms with Crippen LogP contribution in [0.3, 0.4) is 0 Å². The van der Waals surface area contributed by atoms with Crippen LogP contribution in [0.25, 0.3) is 10.9 Å². The van der Waals surface area contributed by atoms with E-state index in [4.69, 9.17) is 23.9 Å². The molecule has 2 saturated heterocycles. The van der Waals surface area contributed by atoms with Crippen molar-refractivity contribution in [1.82, 2.24) is 9.78 Å². The molecule has 2 unspecified atom stereocenters. The Morgan fingerprint density at radius 2 is 2.00 bits per heavy atom. The number of aryl methyl sites for hydroxylation is 1. The Kier molecular flexibility index (Phi) is 7.60. The molecule has 2 aliphatic heterocycles. The highest BCUT2D eigenvalue weighted by Crippen LogP contribution is 2.38. The number of hydrogen-bond donors (Lipinski definition) is 0. The number of hydrogen-bond acceptors (Lipinski definition) is 6. The maximum Gasteiger partial charge on any atom is 0.495 e. The third-order valence-corrected chi connectivity index (χ3v) is 7.62. The number of fused-ring (bicyclic) bond motifs is 1. The SMILES string of the molecule is CCOC(=O)C(F)CCCc1c(C)cc2c(cnn2C2CCCCO2)c1B1OC(C)(C)C(C)(C)O1. The molecule has 0 N–H and O–H groups in total. The minimum absolute atomic E-state index is 0.0884. The van der Waals surface area contributed by atoms with Crippen molar-refractivity contribution < 1.29 is 28.0 Å². The van der Waals surface area contributed by atoms with Crippen LogP contribution in [0, 0.1) is 6.92 Å². The van der Waals surface area contributed by atoms with Gasteiger partial charge in [0.1, 0.15) is 0 Å². The first-order valence-electron chi connectivity index (χ1n) is 12.8. The summed E-state index contributed by atoms with van der Waals surface area (Å²) in [6.45, 7) is 12.8. The lowest BCUT2D eigenvalue weighted by atomic mass is 9.71. The molecule has 0 saturated carbocycles. The normalized spacial score (nSPS) is 22.5. The summed E-state index contributed by atoms with van der Waals surface area (Å²) in [6.07, 6.45) is 4.46. The number of rotatable bonds is 8. The molecule has 0 amide bonds. The van der Waals surface area contributed by atoms with Crippen molar-refractivity contribution in [3.63, 3.8) is 0 Å². The Morgan fingerprint density at radius 3 is 2.63 bits per heavy atom. The van der Waals surface area contributed by atoms with Gasteiger partial charge in [-0.15, -0.1) is 0 Å². The van der Waals surface area contributed by atoms with E-state index in [1.165, 1.54) is 0 Å². The standard InChI is InChI=1S/C26H38BFN2O5/c1-7-32-24(31)20(28)12-10-11-18-17(2)15-21-19(16-29-30(21)22-13-8-9-14-33-22)23(18)27-34-25(3,4)26(5,6)35-27/h15-16,20,22H,7-14H2,1-6H3. The highest BCUT2D eigenvalue weighted by atomic mass is 19.1. The van der Waals surface area contributed by atoms with Gasteiger partial charge in [-0.2, -0.15) is 5.10 Å². The highest BCUT2D eigenvalue weighted by Gasteiger charge is 2.53. The molecule has 2 fully saturated rings. The summed E-state index contributed by atoms with van der Waals surface area (Å²) in [6, 6.07) is 2.13. The van der Waals surface area contributed by atoms with E-state index in [0.29, 0.717) is 12.8 Å². The Labute approximate surface area is 207 Å². The van der Waals surface area contributed by atoms with E-state index in [9.17, 15) is 9.18 Å². The molecule has 35 heavy (non-hydrogen) atoms. The van der Waals surface area contributed by atoms with Gasteiger partial charge >= 0.3 is 13.1 Å². The smallest absolute Gasteiger partial charge is 0.464 e. The first kappa shape index (κ1) is 26.1. The first-order valence-corrected chi connectivity index (χ1v) is 12.8. The predicted molar refractivity (Wildman–Crippen MR) is 133 cm³/mol. The van der Waals surface area contributed by atoms with Gasteiger partial charge in [0.25, 0.3) is 0 Å². The molecular weight excluding hydrogens is 450 g/mol. The number of alkyl halides is 1. The Hall–Kier alpha value is -1.97. The number of halogens is 1. The van der Waals surface area contributed by atoms with Crippen LogP contribution in [0.4, 0.5) is 4.39 Å². The Balaban J connectivity index is 1.70. The minimum atomic E-state index is -1.62. The van der Waals surface area contributed by atoms with Gasteiger partial charge in [-0.1, -0.05) is 0 Å². The van der Waals surface area contributed by atoms with E-state index >= 15 is 0 Å². The molecule has 0 aliphatic carbocycles. The van der Waals surface area contributed by atoms with Gasteiger partial charge in [-0.05, 0) is 103 Å². The van der Waals surface area contributed by atoms with E-state index < -0.39 is 30.5 Å². The second kappa shape index (κ2) is 10.2. The lowest BCUT2D eigenvalue weighted by Gasteiger charge is -2.32. The lowest BCUT2D eigenvalue weighted by molar-refractivity contribution is -0.149. The molecule has 1 aromatic heterocycles. The zero-order valence-corrected chi connectivity index (χ0v) is 21.9. The monoisotopic (exact) mass is 488 g/mol. The van der Waals surface area contributed by atoms with Crippen LogP contribution in [0.2, 0.25) is 0 Å². The summed E-state index contributed by atoms with van der Waals surface area (Å²) in [5, 5.41) is 5.68. The van der Waals surface area contributed by atoms with Gasteiger partial charge in [-0.25, -0.2) is 13.9 Å². The number of nitrogens with zero attached hydrogens (tertiary/aromatic N) is 2. The number of carbonyl (C=O) groups excluding carboxylic acids is 1. The topological polar surface area (TPSA) is 71.8 Å². The summed E-state index contributed by atoms with van der Waals surface area (Å²) in [7, 11) is -0.575. The summed E-state index contributed by atoms with van der Waals surface area (Å²) < 4.78 is 40.0. The van der Waals surface area contributed by atoms with Crippen LogP contribution in [0.5, 0.6) is 0 Å². The van der Waals surface area contributed by atoms with Crippen LogP contribution in [0.1, 0.15) is 84.1 Å². The largest absolute Gasteiger partial charge is 0.495 e. The van der Waals surface area contributed by atoms with Gasteiger partial charge in [0.05, 0.1) is 29.5 Å². The summed E-state index contributed by atoms with van der Waals surface area (Å²) in [4.78, 5) is 11.7. The molecule has 9 heteroatoms. The van der Waals surface area contributed by atoms with Gasteiger partial charge in [0.15, 0.2) is 12.4 Å². The van der Waals surface area contributed by atoms with Crippen LogP contribution >= 0.6 is 0 Å². The number of esters is 1. The second-order valence-electron chi connectivity index (χ2n) is 10.6. The van der Waals surface area contributed by atoms with E-state index in [1.54, 1.807) is 6.92 Å². The molecule has 1 aromatic carbocycles. The van der Waals surface area contributed by atoms with Crippen molar-refractivity contribution in [2.45, 2.75) is 104 Å². The van der Waals surface area contributed by atoms with Crippen LogP contribution in [0.15, 0.2) is 12.3 Å². The molecule has 2 atom stereocenters. The van der Waals surface area contributed by atoms with Crippen molar-refractivity contribution in [3.8, 4) is 0 Å². The molecule has 7 nitrogen and oxygen atoms in total. The van der Waals surface area contributed by atoms with Crippen molar-refractivity contribution in [2.75, 3.05) is 13.2 Å². The maximum absolute atomic E-state index is 14.3. The minimum Gasteiger partial charge on any atom is -0.464 e. The Bertz CT molecular complexity index is 1050. The van der Waals surface area contributed by atoms with E-state index in [1.807, 2.05) is 38.6 Å². The molecular formula is C26H38BFN2O5. The molecule has 3 heterocycles. The number of benzene rings is 1. The number of ether oxygens (including phenoxy) is 2. The second-order valence-corrected chi connectivity index (χ2v) is 10.6. The van der Waals surface area contributed by atoms with E-state index in [0.717, 1.165) is 53.4 Å². The van der Waals surface area contributed by atoms with Crippen molar-refractivity contribution >= 4 is 29.5 Å². The molecule has 4 rings (SSSR count). The zero-order valence-electron chi connectivity index (χ0n) is 21.9. The van der Waals surface area contributed by atoms with Gasteiger partial charge in [0.2, 0.25) is 0 Å². The summed E-state index contributed by atoms with van der Waals surface area (Å²) >= 11 is 0. The lowest BCUT2D eigenvalue weighted by Crippen LogP contribution is -2.41.